The molecular formula is C50H46. The molecule has 0 aliphatic heterocycles. The largest absolute Gasteiger partial charge is 0.0651 e. The fraction of sp³-hybridized carbons (Fsp3) is 0.160. The molecule has 0 aliphatic carbocycles. The van der Waals surface area contributed by atoms with Crippen LogP contribution in [-0.4, -0.2) is 0 Å². The van der Waals surface area contributed by atoms with Gasteiger partial charge in [-0.15, -0.1) is 0 Å². The highest BCUT2D eigenvalue weighted by molar-refractivity contribution is 5.87. The zero-order chi connectivity index (χ0) is 34.5. The van der Waals surface area contributed by atoms with Gasteiger partial charge < -0.3 is 0 Å². The third-order valence-electron chi connectivity index (χ3n) is 10.1. The summed E-state index contributed by atoms with van der Waals surface area (Å²) in [6.07, 6.45) is 4.25. The molecule has 0 radical (unpaired) electrons. The Morgan fingerprint density at radius 1 is 0.300 bits per heavy atom. The lowest BCUT2D eigenvalue weighted by atomic mass is 9.83. The van der Waals surface area contributed by atoms with Gasteiger partial charge in [0, 0.05) is 0 Å². The maximum Gasteiger partial charge on any atom is -0.0143 e. The standard InChI is InChI=1S/C50H46/c1-5-15-45-43(41-29-25-39(26-30-41)37-17-9-7-10-18-37)21-13-23-47(45)49-34-50(36(4)33-35(49)3)48-24-14-22-44(46(48)16-6-2)42-31-27-40(28-32-42)38-19-11-8-12-20-38/h7-14,17-34H,5-6,15-16H2,1-4H3. The van der Waals surface area contributed by atoms with Crippen molar-refractivity contribution in [3.05, 3.63) is 180 Å². The lowest BCUT2D eigenvalue weighted by Crippen LogP contribution is -1.99. The molecule has 7 rings (SSSR count). The summed E-state index contributed by atoms with van der Waals surface area (Å²) in [6, 6.07) is 58.2. The molecule has 0 unspecified atom stereocenters. The molecule has 0 N–H and O–H groups in total. The van der Waals surface area contributed by atoms with Crippen LogP contribution in [0.3, 0.4) is 0 Å². The average Bonchev–Trinajstić information content (AvgIpc) is 3.16. The van der Waals surface area contributed by atoms with Crippen molar-refractivity contribution in [2.45, 2.75) is 53.4 Å². The van der Waals surface area contributed by atoms with Crippen molar-refractivity contribution in [1.82, 2.24) is 0 Å². The minimum absolute atomic E-state index is 1.03. The SMILES string of the molecule is CCCc1c(-c2ccc(-c3ccccc3)cc2)cccc1-c1cc(-c2cccc(-c3ccc(-c4ccccc4)cc3)c2CCC)c(C)cc1C. The van der Waals surface area contributed by atoms with Gasteiger partial charge in [-0.1, -0.05) is 178 Å². The van der Waals surface area contributed by atoms with E-state index in [0.717, 1.165) is 25.7 Å². The van der Waals surface area contributed by atoms with E-state index in [1.165, 1.54) is 89.0 Å². The molecule has 7 aromatic carbocycles. The third kappa shape index (κ3) is 6.72. The van der Waals surface area contributed by atoms with Crippen molar-refractivity contribution in [2.24, 2.45) is 0 Å². The van der Waals surface area contributed by atoms with Crippen LogP contribution in [0.2, 0.25) is 0 Å². The monoisotopic (exact) mass is 646 g/mol. The Kier molecular flexibility index (Phi) is 9.90. The van der Waals surface area contributed by atoms with Crippen LogP contribution in [0.1, 0.15) is 48.9 Å². The highest BCUT2D eigenvalue weighted by Crippen LogP contribution is 2.41. The van der Waals surface area contributed by atoms with Crippen LogP contribution in [0, 0.1) is 13.8 Å². The topological polar surface area (TPSA) is 0 Å². The van der Waals surface area contributed by atoms with Gasteiger partial charge >= 0.3 is 0 Å². The molecule has 0 spiro atoms. The quantitative estimate of drug-likeness (QED) is 0.139. The third-order valence-corrected chi connectivity index (χ3v) is 10.1. The van der Waals surface area contributed by atoms with Crippen LogP contribution >= 0.6 is 0 Å². The number of benzene rings is 7. The van der Waals surface area contributed by atoms with Gasteiger partial charge in [-0.2, -0.15) is 0 Å². The summed E-state index contributed by atoms with van der Waals surface area (Å²) < 4.78 is 0. The van der Waals surface area contributed by atoms with E-state index in [4.69, 9.17) is 0 Å². The second kappa shape index (κ2) is 15.0. The average molecular weight is 647 g/mol. The molecule has 0 aliphatic rings. The van der Waals surface area contributed by atoms with Gasteiger partial charge in [-0.3, -0.25) is 0 Å². The van der Waals surface area contributed by atoms with E-state index in [1.807, 2.05) is 0 Å². The molecule has 0 aromatic heterocycles. The van der Waals surface area contributed by atoms with E-state index in [2.05, 4.69) is 185 Å². The van der Waals surface area contributed by atoms with Crippen molar-refractivity contribution in [3.63, 3.8) is 0 Å². The van der Waals surface area contributed by atoms with Gasteiger partial charge in [0.15, 0.2) is 0 Å². The van der Waals surface area contributed by atoms with E-state index in [0.29, 0.717) is 0 Å². The van der Waals surface area contributed by atoms with Crippen LogP contribution in [0.5, 0.6) is 0 Å². The predicted octanol–water partition coefficient (Wildman–Crippen LogP) is 14.2. The fourth-order valence-electron chi connectivity index (χ4n) is 7.64. The molecule has 0 saturated heterocycles. The Bertz CT molecular complexity index is 2050. The molecule has 0 fully saturated rings. The molecule has 0 heteroatoms. The van der Waals surface area contributed by atoms with Gasteiger partial charge in [-0.25, -0.2) is 0 Å². The highest BCUT2D eigenvalue weighted by Gasteiger charge is 2.18. The van der Waals surface area contributed by atoms with Crippen molar-refractivity contribution in [3.8, 4) is 66.8 Å². The lowest BCUT2D eigenvalue weighted by molar-refractivity contribution is 0.924. The number of aryl methyl sites for hydroxylation is 2. The Balaban J connectivity index is 1.31. The highest BCUT2D eigenvalue weighted by atomic mass is 14.2. The second-order valence-electron chi connectivity index (χ2n) is 13.5. The van der Waals surface area contributed by atoms with Gasteiger partial charge in [-0.05, 0) is 122 Å². The number of hydrogen-bond donors (Lipinski definition) is 0. The normalized spacial score (nSPS) is 11.1. The van der Waals surface area contributed by atoms with E-state index < -0.39 is 0 Å². The zero-order valence-electron chi connectivity index (χ0n) is 29.8. The Labute approximate surface area is 299 Å². The maximum atomic E-state index is 2.48. The Morgan fingerprint density at radius 2 is 0.640 bits per heavy atom. The number of hydrogen-bond acceptors (Lipinski definition) is 0. The van der Waals surface area contributed by atoms with E-state index in [1.54, 1.807) is 0 Å². The molecule has 0 nitrogen and oxygen atoms in total. The summed E-state index contributed by atoms with van der Waals surface area (Å²) in [5.41, 5.74) is 21.1. The first kappa shape index (κ1) is 33.1. The lowest BCUT2D eigenvalue weighted by Gasteiger charge is -2.21. The van der Waals surface area contributed by atoms with Crippen LogP contribution in [0.15, 0.2) is 158 Å². The summed E-state index contributed by atoms with van der Waals surface area (Å²) >= 11 is 0. The van der Waals surface area contributed by atoms with Crippen molar-refractivity contribution < 1.29 is 0 Å². The molecule has 7 aromatic rings. The summed E-state index contributed by atoms with van der Waals surface area (Å²) in [7, 11) is 0. The minimum atomic E-state index is 1.03. The van der Waals surface area contributed by atoms with E-state index in [-0.39, 0.29) is 0 Å². The number of rotatable bonds is 10. The van der Waals surface area contributed by atoms with Crippen LogP contribution in [-0.2, 0) is 12.8 Å². The van der Waals surface area contributed by atoms with Crippen LogP contribution in [0.25, 0.3) is 66.8 Å². The van der Waals surface area contributed by atoms with Gasteiger partial charge in [0.25, 0.3) is 0 Å². The minimum Gasteiger partial charge on any atom is -0.0651 e. The van der Waals surface area contributed by atoms with Gasteiger partial charge in [0.2, 0.25) is 0 Å². The first-order valence-corrected chi connectivity index (χ1v) is 18.2. The summed E-state index contributed by atoms with van der Waals surface area (Å²) in [6.45, 7) is 9.14. The molecule has 50 heavy (non-hydrogen) atoms. The van der Waals surface area contributed by atoms with Gasteiger partial charge in [0.05, 0.1) is 0 Å². The first-order valence-electron chi connectivity index (χ1n) is 18.2. The summed E-state index contributed by atoms with van der Waals surface area (Å²) in [5, 5.41) is 0. The first-order chi connectivity index (χ1) is 24.6. The Hall–Kier alpha value is -5.46. The molecule has 0 saturated carbocycles. The predicted molar refractivity (Wildman–Crippen MR) is 217 cm³/mol. The molecule has 0 heterocycles. The van der Waals surface area contributed by atoms with Crippen LogP contribution < -0.4 is 0 Å². The maximum absolute atomic E-state index is 2.48. The van der Waals surface area contributed by atoms with E-state index in [9.17, 15) is 0 Å². The molecular weight excluding hydrogens is 601 g/mol. The van der Waals surface area contributed by atoms with Crippen LogP contribution in [0.4, 0.5) is 0 Å². The second-order valence-corrected chi connectivity index (χ2v) is 13.5. The summed E-state index contributed by atoms with van der Waals surface area (Å²) in [5.74, 6) is 0. The van der Waals surface area contributed by atoms with Gasteiger partial charge in [0.1, 0.15) is 0 Å². The smallest absolute Gasteiger partial charge is 0.0143 e. The molecule has 0 bridgehead atoms. The van der Waals surface area contributed by atoms with Crippen molar-refractivity contribution in [1.29, 1.82) is 0 Å². The van der Waals surface area contributed by atoms with Crippen molar-refractivity contribution >= 4 is 0 Å². The summed E-state index contributed by atoms with van der Waals surface area (Å²) in [4.78, 5) is 0. The van der Waals surface area contributed by atoms with Crippen molar-refractivity contribution in [2.75, 3.05) is 0 Å². The molecule has 0 amide bonds. The Morgan fingerprint density at radius 3 is 1.02 bits per heavy atom. The molecule has 246 valence electrons. The zero-order valence-corrected chi connectivity index (χ0v) is 29.8. The molecule has 0 atom stereocenters. The fourth-order valence-corrected chi connectivity index (χ4v) is 7.64. The van der Waals surface area contributed by atoms with E-state index >= 15 is 0 Å².